The van der Waals surface area contributed by atoms with Crippen LogP contribution in [0.3, 0.4) is 0 Å². The molecule has 3 nitrogen and oxygen atoms in total. The van der Waals surface area contributed by atoms with Crippen molar-refractivity contribution in [3.8, 4) is 0 Å². The average Bonchev–Trinajstić information content (AvgIpc) is 1.63. The van der Waals surface area contributed by atoms with Gasteiger partial charge in [0.1, 0.15) is 0 Å². The molecule has 0 atom stereocenters. The van der Waals surface area contributed by atoms with Crippen molar-refractivity contribution in [3.05, 3.63) is 12.1 Å². The van der Waals surface area contributed by atoms with Crippen LogP contribution in [0.15, 0.2) is 12.1 Å². The van der Waals surface area contributed by atoms with E-state index in [-0.39, 0.29) is 0 Å². The first-order chi connectivity index (χ1) is 4.04. The Morgan fingerprint density at radius 1 is 1.33 bits per heavy atom. The van der Waals surface area contributed by atoms with Crippen molar-refractivity contribution in [1.82, 2.24) is 0 Å². The molecule has 0 aliphatic rings. The van der Waals surface area contributed by atoms with E-state index in [1.165, 1.54) is 0 Å². The second-order valence-electron chi connectivity index (χ2n) is 0.902. The SMILES string of the molecule is O=C(O)OC(F)=C(F)F. The highest BCUT2D eigenvalue weighted by Gasteiger charge is 2.09. The third kappa shape index (κ3) is 3.39. The molecule has 0 unspecified atom stereocenters. The van der Waals surface area contributed by atoms with Crippen molar-refractivity contribution in [2.45, 2.75) is 0 Å². The molecule has 52 valence electrons. The van der Waals surface area contributed by atoms with Crippen LogP contribution in [-0.2, 0) is 4.74 Å². The van der Waals surface area contributed by atoms with Crippen LogP contribution in [0.25, 0.3) is 0 Å². The molecule has 0 spiro atoms. The lowest BCUT2D eigenvalue weighted by atomic mass is 11.0. The van der Waals surface area contributed by atoms with Gasteiger partial charge in [0.25, 0.3) is 0 Å². The van der Waals surface area contributed by atoms with Gasteiger partial charge in [0.05, 0.1) is 0 Å². The maximum Gasteiger partial charge on any atom is 0.513 e. The van der Waals surface area contributed by atoms with Crippen molar-refractivity contribution in [3.63, 3.8) is 0 Å². The number of carbonyl (C=O) groups is 1. The van der Waals surface area contributed by atoms with E-state index >= 15 is 0 Å². The van der Waals surface area contributed by atoms with E-state index in [0.717, 1.165) is 0 Å². The number of hydrogen-bond donors (Lipinski definition) is 1. The smallest absolute Gasteiger partial charge is 0.449 e. The molecule has 6 heteroatoms. The van der Waals surface area contributed by atoms with Crippen LogP contribution in [0.1, 0.15) is 0 Å². The number of carboxylic acid groups (broad SMARTS) is 1. The fraction of sp³-hybridized carbons (Fsp3) is 0. The number of halogens is 3. The Labute approximate surface area is 47.3 Å². The molecule has 0 aromatic rings. The molecule has 0 aromatic carbocycles. The molecule has 0 saturated heterocycles. The van der Waals surface area contributed by atoms with Gasteiger partial charge < -0.3 is 9.84 Å². The molecular formula is C3HF3O3. The summed E-state index contributed by atoms with van der Waals surface area (Å²) in [6.45, 7) is 0. The van der Waals surface area contributed by atoms with Gasteiger partial charge in [0.15, 0.2) is 0 Å². The Kier molecular flexibility index (Phi) is 2.56. The second-order valence-corrected chi connectivity index (χ2v) is 0.902. The van der Waals surface area contributed by atoms with Gasteiger partial charge in [-0.05, 0) is 0 Å². The fourth-order valence-corrected chi connectivity index (χ4v) is 0.115. The maximum atomic E-state index is 11.3. The lowest BCUT2D eigenvalue weighted by Gasteiger charge is -1.89. The van der Waals surface area contributed by atoms with Gasteiger partial charge in [-0.15, -0.1) is 0 Å². The molecule has 0 heterocycles. The van der Waals surface area contributed by atoms with Crippen LogP contribution >= 0.6 is 0 Å². The predicted molar refractivity (Wildman–Crippen MR) is 19.5 cm³/mol. The van der Waals surface area contributed by atoms with Crippen molar-refractivity contribution in [2.24, 2.45) is 0 Å². The van der Waals surface area contributed by atoms with Crippen molar-refractivity contribution >= 4 is 6.16 Å². The van der Waals surface area contributed by atoms with Crippen molar-refractivity contribution < 1.29 is 27.8 Å². The monoisotopic (exact) mass is 142 g/mol. The minimum atomic E-state index is -2.79. The van der Waals surface area contributed by atoms with Gasteiger partial charge in [0, 0.05) is 0 Å². The first kappa shape index (κ1) is 7.80. The Bertz CT molecular complexity index is 148. The molecule has 0 fully saturated rings. The summed E-state index contributed by atoms with van der Waals surface area (Å²) in [4.78, 5) is 9.28. The number of ether oxygens (including phenoxy) is 1. The van der Waals surface area contributed by atoms with E-state index in [4.69, 9.17) is 5.11 Å². The lowest BCUT2D eigenvalue weighted by molar-refractivity contribution is 0.0882. The van der Waals surface area contributed by atoms with Gasteiger partial charge in [-0.1, -0.05) is 0 Å². The van der Waals surface area contributed by atoms with Gasteiger partial charge in [-0.2, -0.15) is 13.2 Å². The molecule has 0 rings (SSSR count). The summed E-state index contributed by atoms with van der Waals surface area (Å²) in [5, 5.41) is 7.50. The largest absolute Gasteiger partial charge is 0.513 e. The molecular weight excluding hydrogens is 141 g/mol. The van der Waals surface area contributed by atoms with Gasteiger partial charge in [-0.3, -0.25) is 0 Å². The van der Waals surface area contributed by atoms with Crippen LogP contribution in [0, 0.1) is 0 Å². The summed E-state index contributed by atoms with van der Waals surface area (Å²) in [6, 6.07) is -2.39. The highest BCUT2D eigenvalue weighted by Crippen LogP contribution is 2.09. The van der Waals surface area contributed by atoms with E-state index in [9.17, 15) is 18.0 Å². The Morgan fingerprint density at radius 2 is 1.78 bits per heavy atom. The zero-order valence-corrected chi connectivity index (χ0v) is 3.90. The molecule has 0 bridgehead atoms. The van der Waals surface area contributed by atoms with E-state index in [1.54, 1.807) is 0 Å². The highest BCUT2D eigenvalue weighted by atomic mass is 19.3. The second kappa shape index (κ2) is 2.95. The minimum absolute atomic E-state index is 2.11. The van der Waals surface area contributed by atoms with E-state index in [2.05, 4.69) is 4.74 Å². The first-order valence-corrected chi connectivity index (χ1v) is 1.65. The van der Waals surface area contributed by atoms with Crippen molar-refractivity contribution in [1.29, 1.82) is 0 Å². The normalized spacial score (nSPS) is 8.33. The average molecular weight is 142 g/mol. The van der Waals surface area contributed by atoms with Crippen LogP contribution in [0.5, 0.6) is 0 Å². The fourth-order valence-electron chi connectivity index (χ4n) is 0.115. The summed E-state index contributed by atoms with van der Waals surface area (Å²) in [5.74, 6) is 0. The number of rotatable bonds is 1. The van der Waals surface area contributed by atoms with Crippen molar-refractivity contribution in [2.75, 3.05) is 0 Å². The number of hydrogen-bond acceptors (Lipinski definition) is 2. The van der Waals surface area contributed by atoms with Gasteiger partial charge in [-0.25, -0.2) is 4.79 Å². The Hall–Kier alpha value is -1.20. The molecule has 0 aliphatic heterocycles. The molecule has 0 saturated carbocycles. The zero-order chi connectivity index (χ0) is 7.44. The van der Waals surface area contributed by atoms with Crippen LogP contribution < -0.4 is 0 Å². The van der Waals surface area contributed by atoms with Crippen LogP contribution in [0.4, 0.5) is 18.0 Å². The van der Waals surface area contributed by atoms with Crippen LogP contribution in [-0.4, -0.2) is 11.3 Å². The zero-order valence-electron chi connectivity index (χ0n) is 3.90. The van der Waals surface area contributed by atoms with Gasteiger partial charge in [0.2, 0.25) is 0 Å². The van der Waals surface area contributed by atoms with Crippen LogP contribution in [0.2, 0.25) is 0 Å². The Balaban J connectivity index is 3.92. The molecule has 0 aromatic heterocycles. The quantitative estimate of drug-likeness (QED) is 0.447. The Morgan fingerprint density at radius 3 is 1.89 bits per heavy atom. The molecule has 0 amide bonds. The summed E-state index contributed by atoms with van der Waals surface area (Å²) in [5.41, 5.74) is 0. The summed E-state index contributed by atoms with van der Waals surface area (Å²) < 4.78 is 36.0. The minimum Gasteiger partial charge on any atom is -0.449 e. The molecule has 0 aliphatic carbocycles. The predicted octanol–water partition coefficient (Wildman–Crippen LogP) is 1.72. The molecule has 9 heavy (non-hydrogen) atoms. The third-order valence-electron chi connectivity index (χ3n) is 0.325. The topological polar surface area (TPSA) is 46.5 Å². The molecule has 0 radical (unpaired) electrons. The standard InChI is InChI=1S/C3HF3O3/c4-1(5)2(6)9-3(7)8/h(H,7,8). The summed E-state index contributed by atoms with van der Waals surface area (Å²) >= 11 is 0. The highest BCUT2D eigenvalue weighted by molar-refractivity contribution is 5.58. The summed E-state index contributed by atoms with van der Waals surface area (Å²) in [7, 11) is 0. The van der Waals surface area contributed by atoms with E-state index in [1.807, 2.05) is 0 Å². The van der Waals surface area contributed by atoms with E-state index < -0.39 is 18.2 Å². The summed E-state index contributed by atoms with van der Waals surface area (Å²) in [6.07, 6.45) is -4.90. The first-order valence-electron chi connectivity index (χ1n) is 1.65. The third-order valence-corrected chi connectivity index (χ3v) is 0.325. The maximum absolute atomic E-state index is 11.3. The van der Waals surface area contributed by atoms with E-state index in [0.29, 0.717) is 0 Å². The van der Waals surface area contributed by atoms with Gasteiger partial charge >= 0.3 is 18.2 Å². The molecule has 1 N–H and O–H groups in total. The lowest BCUT2D eigenvalue weighted by Crippen LogP contribution is -1.96.